The zero-order chi connectivity index (χ0) is 12.1. The minimum absolute atomic E-state index is 0.0881. The fourth-order valence-electron chi connectivity index (χ4n) is 1.13. The first-order valence-corrected chi connectivity index (χ1v) is 4.94. The quantitative estimate of drug-likeness (QED) is 0.740. The molecule has 1 rings (SSSR count). The largest absolute Gasteiger partial charge is 0.352 e. The van der Waals surface area contributed by atoms with Gasteiger partial charge in [0.1, 0.15) is 6.54 Å². The van der Waals surface area contributed by atoms with Crippen molar-refractivity contribution in [3.63, 3.8) is 0 Å². The van der Waals surface area contributed by atoms with Crippen LogP contribution in [0.15, 0.2) is 6.20 Å². The summed E-state index contributed by atoms with van der Waals surface area (Å²) in [5.41, 5.74) is 0. The van der Waals surface area contributed by atoms with Crippen LogP contribution >= 0.6 is 0 Å². The van der Waals surface area contributed by atoms with Gasteiger partial charge in [-0.15, -0.1) is 5.10 Å². The summed E-state index contributed by atoms with van der Waals surface area (Å²) in [6.45, 7) is 5.22. The number of anilines is 1. The molecule has 1 aromatic heterocycles. The second kappa shape index (κ2) is 5.24. The van der Waals surface area contributed by atoms with Crippen LogP contribution in [0, 0.1) is 0 Å². The van der Waals surface area contributed by atoms with E-state index in [9.17, 15) is 9.59 Å². The second-order valence-electron chi connectivity index (χ2n) is 3.70. The summed E-state index contributed by atoms with van der Waals surface area (Å²) in [7, 11) is 0. The number of nitrogens with zero attached hydrogens (tertiary/aromatic N) is 3. The molecule has 0 saturated heterocycles. The molecule has 0 spiro atoms. The Morgan fingerprint density at radius 2 is 2.19 bits per heavy atom. The van der Waals surface area contributed by atoms with Crippen molar-refractivity contribution >= 4 is 17.6 Å². The summed E-state index contributed by atoms with van der Waals surface area (Å²) >= 11 is 0. The summed E-state index contributed by atoms with van der Waals surface area (Å²) in [6.07, 6.45) is 1.50. The monoisotopic (exact) mass is 225 g/mol. The molecule has 0 unspecified atom stereocenters. The van der Waals surface area contributed by atoms with Gasteiger partial charge in [-0.2, -0.15) is 0 Å². The SMILES string of the molecule is CC(=O)Nc1cn(CC(=O)NC(C)C)nn1. The van der Waals surface area contributed by atoms with Gasteiger partial charge in [-0.25, -0.2) is 4.68 Å². The lowest BCUT2D eigenvalue weighted by atomic mass is 10.4. The lowest BCUT2D eigenvalue weighted by Crippen LogP contribution is -2.33. The maximum Gasteiger partial charge on any atom is 0.241 e. The lowest BCUT2D eigenvalue weighted by molar-refractivity contribution is -0.122. The molecule has 1 heterocycles. The number of amides is 2. The molecule has 0 aliphatic rings. The molecule has 16 heavy (non-hydrogen) atoms. The average molecular weight is 225 g/mol. The van der Waals surface area contributed by atoms with E-state index in [0.29, 0.717) is 5.82 Å². The predicted molar refractivity (Wildman–Crippen MR) is 57.6 cm³/mol. The van der Waals surface area contributed by atoms with Crippen LogP contribution in [-0.2, 0) is 16.1 Å². The van der Waals surface area contributed by atoms with E-state index < -0.39 is 0 Å². The minimum Gasteiger partial charge on any atom is -0.352 e. The van der Waals surface area contributed by atoms with Gasteiger partial charge in [-0.05, 0) is 13.8 Å². The first-order valence-electron chi connectivity index (χ1n) is 4.94. The van der Waals surface area contributed by atoms with E-state index in [1.807, 2.05) is 13.8 Å². The molecule has 2 amide bonds. The smallest absolute Gasteiger partial charge is 0.241 e. The van der Waals surface area contributed by atoms with E-state index in [2.05, 4.69) is 20.9 Å². The summed E-state index contributed by atoms with van der Waals surface area (Å²) in [6, 6.07) is 0.0887. The van der Waals surface area contributed by atoms with Crippen molar-refractivity contribution in [2.45, 2.75) is 33.4 Å². The molecule has 0 aliphatic heterocycles. The van der Waals surface area contributed by atoms with Crippen molar-refractivity contribution in [3.8, 4) is 0 Å². The highest BCUT2D eigenvalue weighted by Crippen LogP contribution is 1.99. The Kier molecular flexibility index (Phi) is 3.98. The second-order valence-corrected chi connectivity index (χ2v) is 3.70. The van der Waals surface area contributed by atoms with Gasteiger partial charge in [-0.1, -0.05) is 5.21 Å². The Bertz CT molecular complexity index is 385. The topological polar surface area (TPSA) is 88.9 Å². The van der Waals surface area contributed by atoms with Crippen molar-refractivity contribution in [2.24, 2.45) is 0 Å². The molecule has 0 saturated carbocycles. The molecular weight excluding hydrogens is 210 g/mol. The van der Waals surface area contributed by atoms with Gasteiger partial charge in [0.25, 0.3) is 0 Å². The maximum atomic E-state index is 11.4. The fraction of sp³-hybridized carbons (Fsp3) is 0.556. The van der Waals surface area contributed by atoms with E-state index in [1.165, 1.54) is 17.8 Å². The molecule has 7 heteroatoms. The van der Waals surface area contributed by atoms with E-state index in [1.54, 1.807) is 0 Å². The van der Waals surface area contributed by atoms with Gasteiger partial charge >= 0.3 is 0 Å². The molecule has 0 bridgehead atoms. The number of carbonyl (C=O) groups is 2. The van der Waals surface area contributed by atoms with Crippen LogP contribution in [0.4, 0.5) is 5.82 Å². The van der Waals surface area contributed by atoms with Crippen molar-refractivity contribution in [1.82, 2.24) is 20.3 Å². The number of nitrogens with one attached hydrogen (secondary N) is 2. The van der Waals surface area contributed by atoms with Gasteiger partial charge < -0.3 is 10.6 Å². The molecule has 88 valence electrons. The van der Waals surface area contributed by atoms with Crippen molar-refractivity contribution in [2.75, 3.05) is 5.32 Å². The molecule has 0 fully saturated rings. The van der Waals surface area contributed by atoms with Gasteiger partial charge in [0.2, 0.25) is 11.8 Å². The fourth-order valence-corrected chi connectivity index (χ4v) is 1.13. The van der Waals surface area contributed by atoms with E-state index in [-0.39, 0.29) is 24.4 Å². The Labute approximate surface area is 93.2 Å². The van der Waals surface area contributed by atoms with Crippen LogP contribution in [0.2, 0.25) is 0 Å². The third-order valence-electron chi connectivity index (χ3n) is 1.60. The van der Waals surface area contributed by atoms with Gasteiger partial charge in [0.05, 0.1) is 6.20 Å². The van der Waals surface area contributed by atoms with Gasteiger partial charge in [0, 0.05) is 13.0 Å². The molecule has 0 atom stereocenters. The van der Waals surface area contributed by atoms with Crippen LogP contribution < -0.4 is 10.6 Å². The lowest BCUT2D eigenvalue weighted by Gasteiger charge is -2.07. The maximum absolute atomic E-state index is 11.4. The molecule has 2 N–H and O–H groups in total. The highest BCUT2D eigenvalue weighted by Gasteiger charge is 2.07. The van der Waals surface area contributed by atoms with Crippen LogP contribution in [0.1, 0.15) is 20.8 Å². The zero-order valence-corrected chi connectivity index (χ0v) is 9.52. The summed E-state index contributed by atoms with van der Waals surface area (Å²) in [5, 5.41) is 12.6. The van der Waals surface area contributed by atoms with Gasteiger partial charge in [0.15, 0.2) is 5.82 Å². The van der Waals surface area contributed by atoms with Crippen LogP contribution in [-0.4, -0.2) is 32.9 Å². The standard InChI is InChI=1S/C9H15N5O2/c1-6(2)10-9(16)5-14-4-8(12-13-14)11-7(3)15/h4,6H,5H2,1-3H3,(H,10,16)(H,11,15). The van der Waals surface area contributed by atoms with Crippen molar-refractivity contribution < 1.29 is 9.59 Å². The number of hydrogen-bond donors (Lipinski definition) is 2. The molecule has 0 aromatic carbocycles. The molecule has 0 aliphatic carbocycles. The Hall–Kier alpha value is -1.92. The number of carbonyl (C=O) groups excluding carboxylic acids is 2. The third kappa shape index (κ3) is 4.07. The van der Waals surface area contributed by atoms with Crippen LogP contribution in [0.25, 0.3) is 0 Å². The normalized spacial score (nSPS) is 10.2. The van der Waals surface area contributed by atoms with E-state index in [4.69, 9.17) is 0 Å². The highest BCUT2D eigenvalue weighted by molar-refractivity contribution is 5.87. The van der Waals surface area contributed by atoms with E-state index in [0.717, 1.165) is 0 Å². The molecular formula is C9H15N5O2. The highest BCUT2D eigenvalue weighted by atomic mass is 16.2. The first kappa shape index (κ1) is 12.2. The number of rotatable bonds is 4. The Morgan fingerprint density at radius 3 is 2.75 bits per heavy atom. The minimum atomic E-state index is -0.223. The summed E-state index contributed by atoms with van der Waals surface area (Å²) < 4.78 is 1.36. The summed E-state index contributed by atoms with van der Waals surface area (Å²) in [4.78, 5) is 22.1. The summed E-state index contributed by atoms with van der Waals surface area (Å²) in [5.74, 6) is -0.0298. The third-order valence-corrected chi connectivity index (χ3v) is 1.60. The first-order chi connectivity index (χ1) is 7.47. The number of aromatic nitrogens is 3. The van der Waals surface area contributed by atoms with Crippen molar-refractivity contribution in [3.05, 3.63) is 6.20 Å². The Balaban J connectivity index is 2.51. The molecule has 0 radical (unpaired) electrons. The molecule has 1 aromatic rings. The zero-order valence-electron chi connectivity index (χ0n) is 9.52. The van der Waals surface area contributed by atoms with Crippen molar-refractivity contribution in [1.29, 1.82) is 0 Å². The van der Waals surface area contributed by atoms with Crippen LogP contribution in [0.5, 0.6) is 0 Å². The Morgan fingerprint density at radius 1 is 1.50 bits per heavy atom. The predicted octanol–water partition coefficient (Wildman–Crippen LogP) is -0.239. The average Bonchev–Trinajstić information content (AvgIpc) is 2.49. The molecule has 7 nitrogen and oxygen atoms in total. The number of hydrogen-bond acceptors (Lipinski definition) is 4. The van der Waals surface area contributed by atoms with E-state index >= 15 is 0 Å². The van der Waals surface area contributed by atoms with Crippen LogP contribution in [0.3, 0.4) is 0 Å². The van der Waals surface area contributed by atoms with Gasteiger partial charge in [-0.3, -0.25) is 9.59 Å².